The molecular formula is C13H24N2O3. The molecule has 0 radical (unpaired) electrons. The molecule has 104 valence electrons. The maximum absolute atomic E-state index is 12.4. The van der Waals surface area contributed by atoms with Crippen molar-refractivity contribution in [1.82, 2.24) is 10.2 Å². The molecule has 1 unspecified atom stereocenters. The highest BCUT2D eigenvalue weighted by Gasteiger charge is 2.35. The molecule has 18 heavy (non-hydrogen) atoms. The van der Waals surface area contributed by atoms with Gasteiger partial charge in [-0.15, -0.1) is 0 Å². The van der Waals surface area contributed by atoms with E-state index in [1.165, 1.54) is 0 Å². The molecule has 0 bridgehead atoms. The third kappa shape index (κ3) is 3.98. The summed E-state index contributed by atoms with van der Waals surface area (Å²) in [5.41, 5.74) is 0.0118. The second kappa shape index (κ2) is 5.69. The van der Waals surface area contributed by atoms with Crippen molar-refractivity contribution in [3.05, 3.63) is 0 Å². The highest BCUT2D eigenvalue weighted by atomic mass is 16.4. The third-order valence-electron chi connectivity index (χ3n) is 3.28. The number of hydrogen-bond donors (Lipinski definition) is 2. The van der Waals surface area contributed by atoms with Crippen LogP contribution < -0.4 is 5.32 Å². The van der Waals surface area contributed by atoms with E-state index < -0.39 is 5.97 Å². The lowest BCUT2D eigenvalue weighted by Gasteiger charge is -2.32. The lowest BCUT2D eigenvalue weighted by molar-refractivity contribution is -0.138. The fourth-order valence-electron chi connectivity index (χ4n) is 2.21. The number of carboxylic acids is 1. The minimum absolute atomic E-state index is 0.0118. The predicted molar refractivity (Wildman–Crippen MR) is 69.3 cm³/mol. The Morgan fingerprint density at radius 2 is 2.17 bits per heavy atom. The van der Waals surface area contributed by atoms with E-state index in [2.05, 4.69) is 19.2 Å². The number of rotatable bonds is 4. The molecule has 0 aliphatic carbocycles. The van der Waals surface area contributed by atoms with Gasteiger partial charge in [-0.2, -0.15) is 0 Å². The Morgan fingerprint density at radius 3 is 2.67 bits per heavy atom. The van der Waals surface area contributed by atoms with Crippen molar-refractivity contribution in [2.45, 2.75) is 52.6 Å². The van der Waals surface area contributed by atoms with Gasteiger partial charge in [-0.3, -0.25) is 9.59 Å². The summed E-state index contributed by atoms with van der Waals surface area (Å²) in [6.45, 7) is 9.65. The van der Waals surface area contributed by atoms with E-state index in [-0.39, 0.29) is 29.8 Å². The van der Waals surface area contributed by atoms with E-state index >= 15 is 0 Å². The Balaban J connectivity index is 2.80. The molecule has 0 spiro atoms. The number of nitrogens with one attached hydrogen (secondary N) is 1. The number of hydrogen-bond acceptors (Lipinski definition) is 3. The van der Waals surface area contributed by atoms with Crippen molar-refractivity contribution in [2.75, 3.05) is 13.1 Å². The number of carbonyl (C=O) groups is 2. The number of nitrogens with zero attached hydrogens (tertiary/aromatic N) is 1. The maximum Gasteiger partial charge on any atom is 0.303 e. The van der Waals surface area contributed by atoms with Crippen LogP contribution in [0.15, 0.2) is 0 Å². The van der Waals surface area contributed by atoms with Gasteiger partial charge < -0.3 is 15.3 Å². The van der Waals surface area contributed by atoms with E-state index in [4.69, 9.17) is 5.11 Å². The molecule has 5 heteroatoms. The molecule has 1 aliphatic heterocycles. The molecule has 0 aromatic carbocycles. The van der Waals surface area contributed by atoms with E-state index in [0.717, 1.165) is 6.54 Å². The molecular weight excluding hydrogens is 232 g/mol. The first-order valence-corrected chi connectivity index (χ1v) is 6.48. The van der Waals surface area contributed by atoms with Gasteiger partial charge in [0.15, 0.2) is 0 Å². The van der Waals surface area contributed by atoms with Crippen molar-refractivity contribution < 1.29 is 14.7 Å². The van der Waals surface area contributed by atoms with Crippen LogP contribution in [0, 0.1) is 5.41 Å². The highest BCUT2D eigenvalue weighted by molar-refractivity contribution is 5.83. The Morgan fingerprint density at radius 1 is 1.56 bits per heavy atom. The zero-order chi connectivity index (χ0) is 13.9. The SMILES string of the molecule is CC(C)N1CC(C)(C)CNC(CCC(=O)O)C1=O. The van der Waals surface area contributed by atoms with Crippen LogP contribution in [0.3, 0.4) is 0 Å². The van der Waals surface area contributed by atoms with Crippen LogP contribution in [0.25, 0.3) is 0 Å². The van der Waals surface area contributed by atoms with Crippen LogP contribution in [0.2, 0.25) is 0 Å². The number of aliphatic carboxylic acids is 1. The van der Waals surface area contributed by atoms with Gasteiger partial charge in [-0.1, -0.05) is 13.8 Å². The third-order valence-corrected chi connectivity index (χ3v) is 3.28. The lowest BCUT2D eigenvalue weighted by atomic mass is 9.93. The molecule has 1 amide bonds. The monoisotopic (exact) mass is 256 g/mol. The summed E-state index contributed by atoms with van der Waals surface area (Å²) >= 11 is 0. The van der Waals surface area contributed by atoms with Crippen LogP contribution in [-0.2, 0) is 9.59 Å². The summed E-state index contributed by atoms with van der Waals surface area (Å²) < 4.78 is 0. The number of amides is 1. The molecule has 0 saturated carbocycles. The van der Waals surface area contributed by atoms with E-state index in [9.17, 15) is 9.59 Å². The standard InChI is InChI=1S/C13H24N2O3/c1-9(2)15-8-13(3,4)7-14-10(12(15)18)5-6-11(16)17/h9-10,14H,5-8H2,1-4H3,(H,16,17). The number of carboxylic acid groups (broad SMARTS) is 1. The smallest absolute Gasteiger partial charge is 0.303 e. The van der Waals surface area contributed by atoms with Gasteiger partial charge in [0.2, 0.25) is 5.91 Å². The normalized spacial score (nSPS) is 24.2. The van der Waals surface area contributed by atoms with Gasteiger partial charge in [0.25, 0.3) is 0 Å². The topological polar surface area (TPSA) is 69.6 Å². The van der Waals surface area contributed by atoms with Gasteiger partial charge >= 0.3 is 5.97 Å². The van der Waals surface area contributed by atoms with Crippen molar-refractivity contribution in [3.8, 4) is 0 Å². The van der Waals surface area contributed by atoms with Gasteiger partial charge in [0.1, 0.15) is 0 Å². The molecule has 1 saturated heterocycles. The highest BCUT2D eigenvalue weighted by Crippen LogP contribution is 2.22. The fraction of sp³-hybridized carbons (Fsp3) is 0.846. The Labute approximate surface area is 109 Å². The summed E-state index contributed by atoms with van der Waals surface area (Å²) in [5.74, 6) is -0.832. The molecule has 2 N–H and O–H groups in total. The van der Waals surface area contributed by atoms with Crippen LogP contribution in [0.5, 0.6) is 0 Å². The average Bonchev–Trinajstić information content (AvgIpc) is 2.34. The Hall–Kier alpha value is -1.10. The lowest BCUT2D eigenvalue weighted by Crippen LogP contribution is -2.46. The van der Waals surface area contributed by atoms with Crippen LogP contribution in [-0.4, -0.2) is 47.1 Å². The summed E-state index contributed by atoms with van der Waals surface area (Å²) in [5, 5.41) is 11.9. The zero-order valence-electron chi connectivity index (χ0n) is 11.7. The molecule has 5 nitrogen and oxygen atoms in total. The van der Waals surface area contributed by atoms with Crippen LogP contribution >= 0.6 is 0 Å². The Kier molecular flexibility index (Phi) is 4.73. The van der Waals surface area contributed by atoms with Crippen molar-refractivity contribution in [2.24, 2.45) is 5.41 Å². The molecule has 1 aliphatic rings. The fourth-order valence-corrected chi connectivity index (χ4v) is 2.21. The summed E-state index contributed by atoms with van der Waals surface area (Å²) in [7, 11) is 0. The van der Waals surface area contributed by atoms with Gasteiger partial charge in [0, 0.05) is 25.6 Å². The first-order valence-electron chi connectivity index (χ1n) is 6.48. The average molecular weight is 256 g/mol. The molecule has 1 atom stereocenters. The predicted octanol–water partition coefficient (Wildman–Crippen LogP) is 1.09. The molecule has 1 heterocycles. The number of carbonyl (C=O) groups excluding carboxylic acids is 1. The minimum atomic E-state index is -0.857. The van der Waals surface area contributed by atoms with E-state index in [0.29, 0.717) is 13.0 Å². The first-order chi connectivity index (χ1) is 8.23. The second-order valence-electron chi connectivity index (χ2n) is 6.09. The molecule has 1 fully saturated rings. The molecule has 0 aromatic rings. The van der Waals surface area contributed by atoms with Gasteiger partial charge in [-0.25, -0.2) is 0 Å². The van der Waals surface area contributed by atoms with Crippen LogP contribution in [0.1, 0.15) is 40.5 Å². The second-order valence-corrected chi connectivity index (χ2v) is 6.09. The van der Waals surface area contributed by atoms with Crippen LogP contribution in [0.4, 0.5) is 0 Å². The van der Waals surface area contributed by atoms with Gasteiger partial charge in [-0.05, 0) is 25.7 Å². The summed E-state index contributed by atoms with van der Waals surface area (Å²) in [6.07, 6.45) is 0.378. The largest absolute Gasteiger partial charge is 0.481 e. The van der Waals surface area contributed by atoms with Crippen molar-refractivity contribution in [3.63, 3.8) is 0 Å². The van der Waals surface area contributed by atoms with E-state index in [1.807, 2.05) is 18.7 Å². The molecule has 1 rings (SSSR count). The minimum Gasteiger partial charge on any atom is -0.481 e. The van der Waals surface area contributed by atoms with Crippen molar-refractivity contribution >= 4 is 11.9 Å². The van der Waals surface area contributed by atoms with Gasteiger partial charge in [0.05, 0.1) is 6.04 Å². The quantitative estimate of drug-likeness (QED) is 0.790. The maximum atomic E-state index is 12.4. The summed E-state index contributed by atoms with van der Waals surface area (Å²) in [6, 6.07) is -0.228. The van der Waals surface area contributed by atoms with Crippen molar-refractivity contribution in [1.29, 1.82) is 0 Å². The zero-order valence-corrected chi connectivity index (χ0v) is 11.7. The Bertz CT molecular complexity index is 326. The summed E-state index contributed by atoms with van der Waals surface area (Å²) in [4.78, 5) is 24.8. The van der Waals surface area contributed by atoms with E-state index in [1.54, 1.807) is 0 Å². The molecule has 0 aromatic heterocycles. The first kappa shape index (κ1) is 15.0.